The van der Waals surface area contributed by atoms with Gasteiger partial charge in [-0.15, -0.1) is 0 Å². The average molecular weight is 387 g/mol. The van der Waals surface area contributed by atoms with Crippen molar-refractivity contribution in [3.8, 4) is 0 Å². The van der Waals surface area contributed by atoms with Crippen LogP contribution < -0.4 is 5.32 Å². The number of nitrogens with zero attached hydrogens (tertiary/aromatic N) is 2. The van der Waals surface area contributed by atoms with Gasteiger partial charge in [-0.2, -0.15) is 0 Å². The Bertz CT molecular complexity index is 838. The Morgan fingerprint density at radius 1 is 1.00 bits per heavy atom. The van der Waals surface area contributed by atoms with Crippen molar-refractivity contribution >= 4 is 17.7 Å². The molecule has 0 spiro atoms. The third-order valence-electron chi connectivity index (χ3n) is 4.61. The standard InChI is InChI=1S/C20H22FN3O4/c21-16-6-2-1-5-15(16)20(27)24-11-4-10-23(12-13-24)18(25)8-9-22-19(26)17-7-3-14-28-17/h1-3,5-7,14H,4,8-13H2,(H,22,26). The quantitative estimate of drug-likeness (QED) is 0.850. The van der Waals surface area contributed by atoms with Gasteiger partial charge in [0, 0.05) is 39.1 Å². The molecule has 0 bridgehead atoms. The number of carbonyl (C=O) groups excluding carboxylic acids is 3. The van der Waals surface area contributed by atoms with Crippen molar-refractivity contribution in [3.63, 3.8) is 0 Å². The lowest BCUT2D eigenvalue weighted by Gasteiger charge is -2.22. The Labute approximate surface area is 162 Å². The molecule has 28 heavy (non-hydrogen) atoms. The predicted octanol–water partition coefficient (Wildman–Crippen LogP) is 1.91. The van der Waals surface area contributed by atoms with Gasteiger partial charge >= 0.3 is 0 Å². The van der Waals surface area contributed by atoms with E-state index in [1.54, 1.807) is 34.1 Å². The van der Waals surface area contributed by atoms with Crippen LogP contribution in [-0.4, -0.2) is 60.2 Å². The topological polar surface area (TPSA) is 82.9 Å². The molecule has 2 heterocycles. The van der Waals surface area contributed by atoms with Crippen LogP contribution in [0.15, 0.2) is 47.1 Å². The molecule has 2 aromatic rings. The first kappa shape index (κ1) is 19.6. The summed E-state index contributed by atoms with van der Waals surface area (Å²) in [4.78, 5) is 40.0. The molecule has 0 radical (unpaired) electrons. The van der Waals surface area contributed by atoms with E-state index < -0.39 is 5.82 Å². The molecule has 8 heteroatoms. The Morgan fingerprint density at radius 3 is 2.50 bits per heavy atom. The molecule has 0 saturated carbocycles. The van der Waals surface area contributed by atoms with Gasteiger partial charge in [0.1, 0.15) is 5.82 Å². The molecule has 7 nitrogen and oxygen atoms in total. The minimum atomic E-state index is -0.544. The van der Waals surface area contributed by atoms with Gasteiger partial charge in [-0.3, -0.25) is 14.4 Å². The summed E-state index contributed by atoms with van der Waals surface area (Å²) in [5, 5.41) is 2.64. The number of amides is 3. The lowest BCUT2D eigenvalue weighted by atomic mass is 10.2. The normalized spacial score (nSPS) is 14.5. The summed E-state index contributed by atoms with van der Waals surface area (Å²) in [6.45, 7) is 1.91. The minimum Gasteiger partial charge on any atom is -0.459 e. The molecule has 1 saturated heterocycles. The lowest BCUT2D eigenvalue weighted by molar-refractivity contribution is -0.130. The van der Waals surface area contributed by atoms with Crippen LogP contribution in [0.5, 0.6) is 0 Å². The molecule has 1 aromatic heterocycles. The summed E-state index contributed by atoms with van der Waals surface area (Å²) in [7, 11) is 0. The minimum absolute atomic E-state index is 0.0444. The van der Waals surface area contributed by atoms with Crippen LogP contribution in [0.3, 0.4) is 0 Å². The van der Waals surface area contributed by atoms with Crippen molar-refractivity contribution in [1.29, 1.82) is 0 Å². The van der Waals surface area contributed by atoms with Gasteiger partial charge in [-0.25, -0.2) is 4.39 Å². The van der Waals surface area contributed by atoms with Crippen LogP contribution >= 0.6 is 0 Å². The van der Waals surface area contributed by atoms with E-state index in [1.807, 2.05) is 0 Å². The number of carbonyl (C=O) groups is 3. The molecule has 0 aliphatic carbocycles. The Morgan fingerprint density at radius 2 is 1.75 bits per heavy atom. The zero-order chi connectivity index (χ0) is 19.9. The zero-order valence-electron chi connectivity index (χ0n) is 15.4. The third-order valence-corrected chi connectivity index (χ3v) is 4.61. The number of nitrogens with one attached hydrogen (secondary N) is 1. The molecule has 3 rings (SSSR count). The summed E-state index contributed by atoms with van der Waals surface area (Å²) in [6, 6.07) is 9.06. The molecule has 1 aliphatic rings. The molecule has 3 amide bonds. The van der Waals surface area contributed by atoms with Crippen molar-refractivity contribution < 1.29 is 23.2 Å². The fourth-order valence-electron chi connectivity index (χ4n) is 3.11. The molecule has 0 atom stereocenters. The highest BCUT2D eigenvalue weighted by Gasteiger charge is 2.24. The zero-order valence-corrected chi connectivity index (χ0v) is 15.4. The second kappa shape index (κ2) is 9.16. The number of rotatable bonds is 5. The first-order chi connectivity index (χ1) is 13.6. The highest BCUT2D eigenvalue weighted by Crippen LogP contribution is 2.13. The van der Waals surface area contributed by atoms with Gasteiger partial charge in [-0.05, 0) is 30.7 Å². The molecule has 1 aliphatic heterocycles. The van der Waals surface area contributed by atoms with E-state index in [1.165, 1.54) is 18.4 Å². The van der Waals surface area contributed by atoms with Crippen LogP contribution in [0.25, 0.3) is 0 Å². The molecule has 148 valence electrons. The summed E-state index contributed by atoms with van der Waals surface area (Å²) < 4.78 is 18.8. The van der Waals surface area contributed by atoms with Crippen LogP contribution in [0.1, 0.15) is 33.8 Å². The maximum atomic E-state index is 13.9. The second-order valence-electron chi connectivity index (χ2n) is 6.49. The lowest BCUT2D eigenvalue weighted by Crippen LogP contribution is -2.38. The summed E-state index contributed by atoms with van der Waals surface area (Å²) in [6.07, 6.45) is 2.18. The van der Waals surface area contributed by atoms with Gasteiger partial charge in [-0.1, -0.05) is 12.1 Å². The molecule has 1 fully saturated rings. The maximum Gasteiger partial charge on any atom is 0.286 e. The number of benzene rings is 1. The Kier molecular flexibility index (Phi) is 6.41. The van der Waals surface area contributed by atoms with Crippen molar-refractivity contribution in [3.05, 3.63) is 59.8 Å². The number of halogens is 1. The van der Waals surface area contributed by atoms with Gasteiger partial charge in [0.2, 0.25) is 5.91 Å². The highest BCUT2D eigenvalue weighted by atomic mass is 19.1. The van der Waals surface area contributed by atoms with Crippen molar-refractivity contribution in [2.45, 2.75) is 12.8 Å². The van der Waals surface area contributed by atoms with Gasteiger partial charge < -0.3 is 19.5 Å². The average Bonchev–Trinajstić information content (AvgIpc) is 3.12. The first-order valence-electron chi connectivity index (χ1n) is 9.19. The first-order valence-corrected chi connectivity index (χ1v) is 9.19. The fraction of sp³-hybridized carbons (Fsp3) is 0.350. The van der Waals surface area contributed by atoms with Crippen LogP contribution in [0, 0.1) is 5.82 Å². The SMILES string of the molecule is O=C(NCCC(=O)N1CCCN(C(=O)c2ccccc2F)CC1)c1ccco1. The third kappa shape index (κ3) is 4.76. The van der Waals surface area contributed by atoms with Crippen molar-refractivity contribution in [2.75, 3.05) is 32.7 Å². The van der Waals surface area contributed by atoms with Gasteiger partial charge in [0.25, 0.3) is 11.8 Å². The number of furan rings is 1. The van der Waals surface area contributed by atoms with E-state index in [-0.39, 0.29) is 42.0 Å². The van der Waals surface area contributed by atoms with Gasteiger partial charge in [0.05, 0.1) is 11.8 Å². The van der Waals surface area contributed by atoms with E-state index in [4.69, 9.17) is 4.42 Å². The van der Waals surface area contributed by atoms with Crippen LogP contribution in [0.4, 0.5) is 4.39 Å². The van der Waals surface area contributed by atoms with E-state index in [9.17, 15) is 18.8 Å². The predicted molar refractivity (Wildman–Crippen MR) is 99.2 cm³/mol. The number of hydrogen-bond acceptors (Lipinski definition) is 4. The molecule has 1 N–H and O–H groups in total. The Balaban J connectivity index is 1.48. The number of hydrogen-bond donors (Lipinski definition) is 1. The molecule has 0 unspecified atom stereocenters. The second-order valence-corrected chi connectivity index (χ2v) is 6.49. The Hall–Kier alpha value is -3.16. The summed E-state index contributed by atoms with van der Waals surface area (Å²) >= 11 is 0. The van der Waals surface area contributed by atoms with Gasteiger partial charge in [0.15, 0.2) is 5.76 Å². The largest absolute Gasteiger partial charge is 0.459 e. The fourth-order valence-corrected chi connectivity index (χ4v) is 3.11. The molecular formula is C20H22FN3O4. The molecule has 1 aromatic carbocycles. The highest BCUT2D eigenvalue weighted by molar-refractivity contribution is 5.94. The smallest absolute Gasteiger partial charge is 0.286 e. The van der Waals surface area contributed by atoms with Crippen molar-refractivity contribution in [2.24, 2.45) is 0 Å². The van der Waals surface area contributed by atoms with Crippen molar-refractivity contribution in [1.82, 2.24) is 15.1 Å². The summed E-state index contributed by atoms with van der Waals surface area (Å²) in [5.74, 6) is -1.17. The van der Waals surface area contributed by atoms with Crippen LogP contribution in [0.2, 0.25) is 0 Å². The maximum absolute atomic E-state index is 13.9. The van der Waals surface area contributed by atoms with E-state index >= 15 is 0 Å². The van der Waals surface area contributed by atoms with E-state index in [0.717, 1.165) is 0 Å². The summed E-state index contributed by atoms with van der Waals surface area (Å²) in [5.41, 5.74) is 0.0444. The monoisotopic (exact) mass is 387 g/mol. The molecular weight excluding hydrogens is 365 g/mol. The van der Waals surface area contributed by atoms with Crippen LogP contribution in [-0.2, 0) is 4.79 Å². The van der Waals surface area contributed by atoms with E-state index in [0.29, 0.717) is 32.6 Å². The van der Waals surface area contributed by atoms with E-state index in [2.05, 4.69) is 5.32 Å².